The molecule has 3 fully saturated rings. The SMILES string of the molecule is [O-]C1CC(C2CCCCC2)NC(NC[C@@H]2CCCO2)N1. The molecule has 3 N–H and O–H groups in total. The van der Waals surface area contributed by atoms with Gasteiger partial charge in [-0.25, -0.2) is 0 Å². The van der Waals surface area contributed by atoms with Gasteiger partial charge in [0.1, 0.15) is 6.29 Å². The maximum atomic E-state index is 12.0. The van der Waals surface area contributed by atoms with E-state index in [0.29, 0.717) is 24.5 Å². The van der Waals surface area contributed by atoms with Gasteiger partial charge in [-0.15, -0.1) is 0 Å². The minimum atomic E-state index is -0.648. The van der Waals surface area contributed by atoms with Crippen molar-refractivity contribution in [3.63, 3.8) is 0 Å². The molecule has 5 heteroatoms. The van der Waals surface area contributed by atoms with Gasteiger partial charge in [-0.3, -0.25) is 10.6 Å². The average molecular weight is 282 g/mol. The fraction of sp³-hybridized carbons (Fsp3) is 1.00. The Morgan fingerprint density at radius 1 is 1.05 bits per heavy atom. The maximum absolute atomic E-state index is 12.0. The van der Waals surface area contributed by atoms with Crippen molar-refractivity contribution in [2.75, 3.05) is 13.2 Å². The van der Waals surface area contributed by atoms with Gasteiger partial charge in [0.05, 0.1) is 6.10 Å². The van der Waals surface area contributed by atoms with Gasteiger partial charge in [0.25, 0.3) is 0 Å². The first kappa shape index (κ1) is 14.7. The Bertz CT molecular complexity index is 291. The minimum Gasteiger partial charge on any atom is -0.841 e. The standard InChI is InChI=1S/C15H28N3O2/c19-14-9-13(11-5-2-1-3-6-11)17-15(18-14)16-10-12-7-4-8-20-12/h11-18H,1-10H2/q-1/t12-,13?,14?,15?/m0/s1. The summed E-state index contributed by atoms with van der Waals surface area (Å²) in [5.74, 6) is 0.689. The number of hydrogen-bond donors (Lipinski definition) is 3. The first-order valence-corrected chi connectivity index (χ1v) is 8.34. The van der Waals surface area contributed by atoms with Crippen LogP contribution in [0.1, 0.15) is 51.4 Å². The van der Waals surface area contributed by atoms with Crippen molar-refractivity contribution < 1.29 is 9.84 Å². The Kier molecular flexibility index (Phi) is 5.29. The molecule has 0 spiro atoms. The molecule has 3 rings (SSSR count). The van der Waals surface area contributed by atoms with Crippen LogP contribution in [0, 0.1) is 5.92 Å². The zero-order chi connectivity index (χ0) is 13.8. The van der Waals surface area contributed by atoms with Crippen LogP contribution in [-0.4, -0.2) is 37.8 Å². The fourth-order valence-electron chi connectivity index (χ4n) is 3.85. The van der Waals surface area contributed by atoms with Gasteiger partial charge in [-0.2, -0.15) is 0 Å². The molecule has 1 aliphatic carbocycles. The zero-order valence-electron chi connectivity index (χ0n) is 12.3. The van der Waals surface area contributed by atoms with Gasteiger partial charge in [-0.1, -0.05) is 25.5 Å². The van der Waals surface area contributed by atoms with Gasteiger partial charge in [0, 0.05) is 19.2 Å². The molecule has 5 nitrogen and oxygen atoms in total. The van der Waals surface area contributed by atoms with Crippen molar-refractivity contribution >= 4 is 0 Å². The summed E-state index contributed by atoms with van der Waals surface area (Å²) in [5, 5.41) is 22.1. The second-order valence-electron chi connectivity index (χ2n) is 6.54. The quantitative estimate of drug-likeness (QED) is 0.690. The van der Waals surface area contributed by atoms with Crippen LogP contribution < -0.4 is 21.1 Å². The van der Waals surface area contributed by atoms with E-state index in [9.17, 15) is 5.11 Å². The Labute approximate surface area is 121 Å². The van der Waals surface area contributed by atoms with E-state index in [2.05, 4.69) is 16.0 Å². The van der Waals surface area contributed by atoms with Crippen LogP contribution in [0.5, 0.6) is 0 Å². The lowest BCUT2D eigenvalue weighted by atomic mass is 9.82. The van der Waals surface area contributed by atoms with E-state index in [1.807, 2.05) is 0 Å². The lowest BCUT2D eigenvalue weighted by Crippen LogP contribution is -2.68. The van der Waals surface area contributed by atoms with E-state index in [-0.39, 0.29) is 6.29 Å². The number of nitrogens with one attached hydrogen (secondary N) is 3. The summed E-state index contributed by atoms with van der Waals surface area (Å²) < 4.78 is 5.62. The van der Waals surface area contributed by atoms with Crippen molar-refractivity contribution in [3.8, 4) is 0 Å². The van der Waals surface area contributed by atoms with Crippen molar-refractivity contribution in [2.45, 2.75) is 76.0 Å². The molecule has 116 valence electrons. The minimum absolute atomic E-state index is 0.0534. The van der Waals surface area contributed by atoms with Gasteiger partial charge in [0.15, 0.2) is 0 Å². The van der Waals surface area contributed by atoms with Gasteiger partial charge in [0.2, 0.25) is 0 Å². The van der Waals surface area contributed by atoms with Crippen molar-refractivity contribution in [3.05, 3.63) is 0 Å². The summed E-state index contributed by atoms with van der Waals surface area (Å²) in [5.41, 5.74) is 0. The predicted octanol–water partition coefficient (Wildman–Crippen LogP) is 0.257. The molecule has 2 heterocycles. The summed E-state index contributed by atoms with van der Waals surface area (Å²) in [6.45, 7) is 1.71. The van der Waals surface area contributed by atoms with E-state index < -0.39 is 6.23 Å². The fourth-order valence-corrected chi connectivity index (χ4v) is 3.85. The monoisotopic (exact) mass is 282 g/mol. The Hall–Kier alpha value is -0.200. The van der Waals surface area contributed by atoms with Crippen molar-refractivity contribution in [1.82, 2.24) is 16.0 Å². The molecular weight excluding hydrogens is 254 g/mol. The molecule has 20 heavy (non-hydrogen) atoms. The highest BCUT2D eigenvalue weighted by Crippen LogP contribution is 2.29. The Morgan fingerprint density at radius 2 is 1.90 bits per heavy atom. The second kappa shape index (κ2) is 7.18. The van der Waals surface area contributed by atoms with Gasteiger partial charge in [-0.05, 0) is 38.0 Å². The van der Waals surface area contributed by atoms with E-state index in [0.717, 1.165) is 26.0 Å². The molecule has 2 saturated heterocycles. The highest BCUT2D eigenvalue weighted by atomic mass is 16.5. The maximum Gasteiger partial charge on any atom is 0.111 e. The molecule has 3 unspecified atom stereocenters. The lowest BCUT2D eigenvalue weighted by molar-refractivity contribution is -0.438. The molecule has 0 radical (unpaired) electrons. The summed E-state index contributed by atoms with van der Waals surface area (Å²) in [6, 6.07) is 0.376. The third kappa shape index (κ3) is 3.92. The molecule has 1 saturated carbocycles. The largest absolute Gasteiger partial charge is 0.841 e. The number of rotatable bonds is 4. The Balaban J connectivity index is 1.47. The molecular formula is C15H28N3O2-. The van der Waals surface area contributed by atoms with Crippen LogP contribution in [0.4, 0.5) is 0 Å². The van der Waals surface area contributed by atoms with Crippen molar-refractivity contribution in [2.24, 2.45) is 5.92 Å². The van der Waals surface area contributed by atoms with Crippen LogP contribution in [0.25, 0.3) is 0 Å². The molecule has 2 aliphatic heterocycles. The van der Waals surface area contributed by atoms with E-state index >= 15 is 0 Å². The average Bonchev–Trinajstić information content (AvgIpc) is 2.99. The van der Waals surface area contributed by atoms with Crippen LogP contribution in [0.2, 0.25) is 0 Å². The number of ether oxygens (including phenoxy) is 1. The van der Waals surface area contributed by atoms with Crippen LogP contribution in [0.15, 0.2) is 0 Å². The molecule has 0 amide bonds. The van der Waals surface area contributed by atoms with E-state index in [1.165, 1.54) is 32.1 Å². The number of hydrogen-bond acceptors (Lipinski definition) is 5. The smallest absolute Gasteiger partial charge is 0.111 e. The molecule has 4 atom stereocenters. The zero-order valence-corrected chi connectivity index (χ0v) is 12.3. The third-order valence-electron chi connectivity index (χ3n) is 4.99. The predicted molar refractivity (Wildman–Crippen MR) is 75.8 cm³/mol. The molecule has 0 aromatic carbocycles. The summed E-state index contributed by atoms with van der Waals surface area (Å²) >= 11 is 0. The summed E-state index contributed by atoms with van der Waals surface area (Å²) in [4.78, 5) is 0. The van der Waals surface area contributed by atoms with E-state index in [4.69, 9.17) is 4.74 Å². The van der Waals surface area contributed by atoms with Crippen LogP contribution in [0.3, 0.4) is 0 Å². The van der Waals surface area contributed by atoms with Crippen LogP contribution in [-0.2, 0) is 4.74 Å². The van der Waals surface area contributed by atoms with Gasteiger partial charge < -0.3 is 15.2 Å². The molecule has 3 aliphatic rings. The highest BCUT2D eigenvalue weighted by Gasteiger charge is 2.30. The molecule has 0 aromatic rings. The van der Waals surface area contributed by atoms with Crippen LogP contribution >= 0.6 is 0 Å². The first-order chi connectivity index (χ1) is 9.81. The van der Waals surface area contributed by atoms with E-state index in [1.54, 1.807) is 0 Å². The summed E-state index contributed by atoms with van der Waals surface area (Å²) in [6.07, 6.45) is 9.20. The topological polar surface area (TPSA) is 68.4 Å². The first-order valence-electron chi connectivity index (χ1n) is 8.34. The van der Waals surface area contributed by atoms with Crippen molar-refractivity contribution in [1.29, 1.82) is 0 Å². The second-order valence-corrected chi connectivity index (χ2v) is 6.54. The lowest BCUT2D eigenvalue weighted by Gasteiger charge is -2.45. The summed E-state index contributed by atoms with van der Waals surface area (Å²) in [7, 11) is 0. The third-order valence-corrected chi connectivity index (χ3v) is 4.99. The molecule has 0 bridgehead atoms. The van der Waals surface area contributed by atoms with Gasteiger partial charge >= 0.3 is 0 Å². The molecule has 0 aromatic heterocycles. The Morgan fingerprint density at radius 3 is 2.65 bits per heavy atom. The highest BCUT2D eigenvalue weighted by molar-refractivity contribution is 4.87. The normalized spacial score (nSPS) is 40.0.